The van der Waals surface area contributed by atoms with Crippen molar-refractivity contribution in [3.05, 3.63) is 34.4 Å². The molecule has 0 N–H and O–H groups in total. The van der Waals surface area contributed by atoms with Crippen molar-refractivity contribution in [1.82, 2.24) is 4.90 Å². The highest BCUT2D eigenvalue weighted by atomic mass is 16.6. The van der Waals surface area contributed by atoms with E-state index in [1.165, 1.54) is 6.07 Å². The van der Waals surface area contributed by atoms with Gasteiger partial charge in [0.25, 0.3) is 11.6 Å². The van der Waals surface area contributed by atoms with Crippen LogP contribution >= 0.6 is 0 Å². The molecule has 1 heterocycles. The summed E-state index contributed by atoms with van der Waals surface area (Å²) in [6.45, 7) is 5.76. The SMILES string of the molecule is CCN(CC)C(=O)COC(=O)C1CCN(c2ccccc2[N+](=O)[O-])CC1. The van der Waals surface area contributed by atoms with Gasteiger partial charge in [-0.1, -0.05) is 12.1 Å². The summed E-state index contributed by atoms with van der Waals surface area (Å²) >= 11 is 0. The maximum absolute atomic E-state index is 12.2. The van der Waals surface area contributed by atoms with Gasteiger partial charge in [0.2, 0.25) is 0 Å². The van der Waals surface area contributed by atoms with E-state index in [0.717, 1.165) is 0 Å². The minimum absolute atomic E-state index is 0.0679. The van der Waals surface area contributed by atoms with Crippen LogP contribution in [0.3, 0.4) is 0 Å². The summed E-state index contributed by atoms with van der Waals surface area (Å²) in [7, 11) is 0. The number of nitro groups is 1. The number of rotatable bonds is 7. The van der Waals surface area contributed by atoms with Gasteiger partial charge in [0, 0.05) is 32.2 Å². The Morgan fingerprint density at radius 1 is 1.23 bits per heavy atom. The average Bonchev–Trinajstić information content (AvgIpc) is 2.67. The number of anilines is 1. The van der Waals surface area contributed by atoms with Crippen LogP contribution in [0.5, 0.6) is 0 Å². The third-order valence-corrected chi connectivity index (χ3v) is 4.70. The molecule has 0 atom stereocenters. The molecule has 0 aromatic heterocycles. The second kappa shape index (κ2) is 9.17. The van der Waals surface area contributed by atoms with Gasteiger partial charge < -0.3 is 14.5 Å². The molecule has 8 nitrogen and oxygen atoms in total. The van der Waals surface area contributed by atoms with E-state index in [4.69, 9.17) is 4.74 Å². The summed E-state index contributed by atoms with van der Waals surface area (Å²) in [5, 5.41) is 11.2. The van der Waals surface area contributed by atoms with Crippen molar-refractivity contribution in [1.29, 1.82) is 0 Å². The van der Waals surface area contributed by atoms with Crippen LogP contribution in [0.2, 0.25) is 0 Å². The van der Waals surface area contributed by atoms with Crippen molar-refractivity contribution < 1.29 is 19.2 Å². The van der Waals surface area contributed by atoms with Gasteiger partial charge in [-0.05, 0) is 32.8 Å². The molecule has 1 aromatic carbocycles. The highest BCUT2D eigenvalue weighted by Gasteiger charge is 2.29. The van der Waals surface area contributed by atoms with Gasteiger partial charge in [-0.2, -0.15) is 0 Å². The lowest BCUT2D eigenvalue weighted by atomic mass is 9.96. The number of para-hydroxylation sites is 2. The van der Waals surface area contributed by atoms with Gasteiger partial charge in [0.15, 0.2) is 6.61 Å². The van der Waals surface area contributed by atoms with E-state index in [2.05, 4.69) is 0 Å². The number of amides is 1. The van der Waals surface area contributed by atoms with Gasteiger partial charge in [0.1, 0.15) is 5.69 Å². The molecule has 1 aromatic rings. The molecule has 2 rings (SSSR count). The first-order valence-corrected chi connectivity index (χ1v) is 8.90. The maximum Gasteiger partial charge on any atom is 0.309 e. The summed E-state index contributed by atoms with van der Waals surface area (Å²) in [5.41, 5.74) is 0.638. The lowest BCUT2D eigenvalue weighted by molar-refractivity contribution is -0.384. The number of esters is 1. The van der Waals surface area contributed by atoms with Crippen molar-refractivity contribution >= 4 is 23.3 Å². The summed E-state index contributed by atoms with van der Waals surface area (Å²) in [4.78, 5) is 38.4. The fourth-order valence-electron chi connectivity index (χ4n) is 3.16. The molecule has 8 heteroatoms. The number of benzene rings is 1. The Bertz CT molecular complexity index is 652. The first-order valence-electron chi connectivity index (χ1n) is 8.90. The number of hydrogen-bond donors (Lipinski definition) is 0. The zero-order chi connectivity index (χ0) is 19.1. The summed E-state index contributed by atoms with van der Waals surface area (Å²) in [6.07, 6.45) is 1.09. The quantitative estimate of drug-likeness (QED) is 0.419. The average molecular weight is 363 g/mol. The Balaban J connectivity index is 1.87. The fraction of sp³-hybridized carbons (Fsp3) is 0.556. The predicted octanol–water partition coefficient (Wildman–Crippen LogP) is 2.22. The van der Waals surface area contributed by atoms with Crippen LogP contribution in [0.15, 0.2) is 24.3 Å². The van der Waals surface area contributed by atoms with Gasteiger partial charge in [-0.15, -0.1) is 0 Å². The van der Waals surface area contributed by atoms with E-state index < -0.39 is 4.92 Å². The van der Waals surface area contributed by atoms with Crippen LogP contribution in [-0.2, 0) is 14.3 Å². The molecular formula is C18H25N3O5. The Labute approximate surface area is 152 Å². The topological polar surface area (TPSA) is 93.0 Å². The van der Waals surface area contributed by atoms with Gasteiger partial charge in [-0.3, -0.25) is 19.7 Å². The van der Waals surface area contributed by atoms with Crippen LogP contribution < -0.4 is 4.90 Å². The molecule has 0 bridgehead atoms. The fourth-order valence-corrected chi connectivity index (χ4v) is 3.16. The van der Waals surface area contributed by atoms with Crippen LogP contribution in [0.1, 0.15) is 26.7 Å². The van der Waals surface area contributed by atoms with Gasteiger partial charge in [-0.25, -0.2) is 0 Å². The number of nitrogens with zero attached hydrogens (tertiary/aromatic N) is 3. The minimum Gasteiger partial charge on any atom is -0.455 e. The largest absolute Gasteiger partial charge is 0.455 e. The summed E-state index contributed by atoms with van der Waals surface area (Å²) in [6, 6.07) is 6.61. The zero-order valence-electron chi connectivity index (χ0n) is 15.2. The Morgan fingerprint density at radius 2 is 1.85 bits per heavy atom. The molecule has 1 fully saturated rings. The number of carbonyl (C=O) groups excluding carboxylic acids is 2. The molecule has 142 valence electrons. The molecule has 1 aliphatic heterocycles. The number of hydrogen-bond acceptors (Lipinski definition) is 6. The van der Waals surface area contributed by atoms with E-state index >= 15 is 0 Å². The third kappa shape index (κ3) is 4.71. The van der Waals surface area contributed by atoms with Crippen LogP contribution in [-0.4, -0.2) is 54.5 Å². The third-order valence-electron chi connectivity index (χ3n) is 4.70. The molecular weight excluding hydrogens is 338 g/mol. The maximum atomic E-state index is 12.2. The smallest absolute Gasteiger partial charge is 0.309 e. The van der Waals surface area contributed by atoms with E-state index in [0.29, 0.717) is 44.7 Å². The van der Waals surface area contributed by atoms with E-state index in [1.807, 2.05) is 18.7 Å². The molecule has 0 spiro atoms. The van der Waals surface area contributed by atoms with Crippen molar-refractivity contribution in [2.75, 3.05) is 37.7 Å². The van der Waals surface area contributed by atoms with Crippen molar-refractivity contribution in [3.63, 3.8) is 0 Å². The molecule has 0 radical (unpaired) electrons. The zero-order valence-corrected chi connectivity index (χ0v) is 15.2. The molecule has 26 heavy (non-hydrogen) atoms. The summed E-state index contributed by atoms with van der Waals surface area (Å²) < 4.78 is 5.17. The molecule has 1 amide bonds. The Kier molecular flexibility index (Phi) is 6.94. The minimum atomic E-state index is -0.394. The standard InChI is InChI=1S/C18H25N3O5/c1-3-19(4-2)17(22)13-26-18(23)14-9-11-20(12-10-14)15-7-5-6-8-16(15)21(24)25/h5-8,14H,3-4,9-13H2,1-2H3. The number of nitro benzene ring substituents is 1. The highest BCUT2D eigenvalue weighted by molar-refractivity contribution is 5.81. The molecule has 0 unspecified atom stereocenters. The monoisotopic (exact) mass is 363 g/mol. The van der Waals surface area contributed by atoms with E-state index in [-0.39, 0.29) is 30.1 Å². The van der Waals surface area contributed by atoms with Gasteiger partial charge >= 0.3 is 5.97 Å². The number of carbonyl (C=O) groups is 2. The number of likely N-dealkylation sites (N-methyl/N-ethyl adjacent to an activating group) is 1. The molecule has 1 aliphatic rings. The number of ether oxygens (including phenoxy) is 1. The first-order chi connectivity index (χ1) is 12.5. The van der Waals surface area contributed by atoms with Crippen LogP contribution in [0.25, 0.3) is 0 Å². The van der Waals surface area contributed by atoms with Crippen molar-refractivity contribution in [2.45, 2.75) is 26.7 Å². The Morgan fingerprint density at radius 3 is 2.42 bits per heavy atom. The van der Waals surface area contributed by atoms with Crippen molar-refractivity contribution in [3.8, 4) is 0 Å². The second-order valence-electron chi connectivity index (χ2n) is 6.18. The lowest BCUT2D eigenvalue weighted by Crippen LogP contribution is -2.39. The Hall–Kier alpha value is -2.64. The second-order valence-corrected chi connectivity index (χ2v) is 6.18. The molecule has 0 aliphatic carbocycles. The first kappa shape index (κ1) is 19.7. The normalized spacial score (nSPS) is 14.8. The predicted molar refractivity (Wildman–Crippen MR) is 96.9 cm³/mol. The lowest BCUT2D eigenvalue weighted by Gasteiger charge is -2.32. The van der Waals surface area contributed by atoms with Crippen LogP contribution in [0.4, 0.5) is 11.4 Å². The molecule has 0 saturated carbocycles. The molecule has 1 saturated heterocycles. The summed E-state index contributed by atoms with van der Waals surface area (Å²) in [5.74, 6) is -0.841. The van der Waals surface area contributed by atoms with E-state index in [1.54, 1.807) is 23.1 Å². The van der Waals surface area contributed by atoms with Gasteiger partial charge in [0.05, 0.1) is 10.8 Å². The van der Waals surface area contributed by atoms with Crippen molar-refractivity contribution in [2.24, 2.45) is 5.92 Å². The highest BCUT2D eigenvalue weighted by Crippen LogP contribution is 2.31. The van der Waals surface area contributed by atoms with Crippen LogP contribution in [0, 0.1) is 16.0 Å². The number of piperidine rings is 1. The van der Waals surface area contributed by atoms with E-state index in [9.17, 15) is 19.7 Å².